The first-order valence-electron chi connectivity index (χ1n) is 10.0. The lowest BCUT2D eigenvalue weighted by Crippen LogP contribution is -2.47. The van der Waals surface area contributed by atoms with Crippen LogP contribution in [0.3, 0.4) is 0 Å². The van der Waals surface area contributed by atoms with Crippen LogP contribution in [0.4, 0.5) is 13.2 Å². The minimum atomic E-state index is -4.43. The van der Waals surface area contributed by atoms with Gasteiger partial charge in [0.1, 0.15) is 0 Å². The molecule has 0 saturated carbocycles. The molecule has 1 fully saturated rings. The molecule has 1 saturated heterocycles. The Bertz CT molecular complexity index is 1090. The van der Waals surface area contributed by atoms with E-state index in [1.165, 1.54) is 30.1 Å². The number of carbonyl (C=O) groups is 1. The molecule has 10 heteroatoms. The minimum Gasteiger partial charge on any atom is -0.481 e. The zero-order valence-corrected chi connectivity index (χ0v) is 17.6. The maximum atomic E-state index is 13.1. The number of nitrogens with zero attached hydrogens (tertiary/aromatic N) is 5. The van der Waals surface area contributed by atoms with Gasteiger partial charge in [0.2, 0.25) is 5.88 Å². The first-order chi connectivity index (χ1) is 15.3. The van der Waals surface area contributed by atoms with Gasteiger partial charge in [-0.25, -0.2) is 9.67 Å². The van der Waals surface area contributed by atoms with Crippen LogP contribution in [0.15, 0.2) is 48.7 Å². The van der Waals surface area contributed by atoms with Gasteiger partial charge in [0, 0.05) is 37.8 Å². The van der Waals surface area contributed by atoms with E-state index in [1.54, 1.807) is 23.1 Å². The zero-order valence-electron chi connectivity index (χ0n) is 17.6. The van der Waals surface area contributed by atoms with Crippen LogP contribution in [0.1, 0.15) is 16.1 Å². The van der Waals surface area contributed by atoms with Gasteiger partial charge in [-0.15, -0.1) is 0 Å². The van der Waals surface area contributed by atoms with E-state index in [1.807, 2.05) is 7.05 Å². The Morgan fingerprint density at radius 3 is 2.28 bits per heavy atom. The maximum absolute atomic E-state index is 13.1. The summed E-state index contributed by atoms with van der Waals surface area (Å²) in [7, 11) is 3.49. The summed E-state index contributed by atoms with van der Waals surface area (Å²) in [6, 6.07) is 9.75. The number of benzene rings is 1. The predicted octanol–water partition coefficient (Wildman–Crippen LogP) is 3.35. The molecule has 2 aromatic heterocycles. The van der Waals surface area contributed by atoms with Gasteiger partial charge in [-0.2, -0.15) is 18.3 Å². The average Bonchev–Trinajstić information content (AvgIpc) is 3.24. The fourth-order valence-corrected chi connectivity index (χ4v) is 3.51. The maximum Gasteiger partial charge on any atom is 0.416 e. The molecule has 7 nitrogen and oxygen atoms in total. The fraction of sp³-hybridized carbons (Fsp3) is 0.318. The van der Waals surface area contributed by atoms with Crippen LogP contribution in [-0.4, -0.2) is 70.8 Å². The molecule has 1 aliphatic heterocycles. The van der Waals surface area contributed by atoms with Crippen molar-refractivity contribution in [3.8, 4) is 22.8 Å². The highest BCUT2D eigenvalue weighted by Crippen LogP contribution is 2.32. The Hall–Kier alpha value is -3.40. The summed E-state index contributed by atoms with van der Waals surface area (Å²) in [5.41, 5.74) is 1.02. The van der Waals surface area contributed by atoms with Gasteiger partial charge in [0.15, 0.2) is 5.69 Å². The highest BCUT2D eigenvalue weighted by Gasteiger charge is 2.30. The summed E-state index contributed by atoms with van der Waals surface area (Å²) in [5.74, 6) is 0.192. The zero-order chi connectivity index (χ0) is 22.9. The van der Waals surface area contributed by atoms with Gasteiger partial charge >= 0.3 is 6.18 Å². The van der Waals surface area contributed by atoms with Crippen molar-refractivity contribution in [3.05, 3.63) is 59.9 Å². The minimum absolute atomic E-state index is 0.216. The molecule has 0 aliphatic carbocycles. The highest BCUT2D eigenvalue weighted by atomic mass is 19.4. The SMILES string of the molecule is COc1ccc(-n2nc(C(=O)N3CCN(C)CC3)cc2-c2ccc(C(F)(F)F)cc2)cn1. The molecule has 0 bridgehead atoms. The lowest BCUT2D eigenvalue weighted by Gasteiger charge is -2.31. The molecular formula is C22H22F3N5O2. The molecule has 3 aromatic rings. The van der Waals surface area contributed by atoms with E-state index in [-0.39, 0.29) is 11.6 Å². The van der Waals surface area contributed by atoms with Crippen LogP contribution >= 0.6 is 0 Å². The topological polar surface area (TPSA) is 63.5 Å². The van der Waals surface area contributed by atoms with Crippen LogP contribution in [0.5, 0.6) is 5.88 Å². The molecule has 1 aromatic carbocycles. The van der Waals surface area contributed by atoms with Crippen molar-refractivity contribution in [2.24, 2.45) is 0 Å². The van der Waals surface area contributed by atoms with E-state index >= 15 is 0 Å². The Balaban J connectivity index is 1.74. The van der Waals surface area contributed by atoms with Crippen LogP contribution in [0.25, 0.3) is 16.9 Å². The number of pyridine rings is 1. The largest absolute Gasteiger partial charge is 0.481 e. The standard InChI is InChI=1S/C22H22F3N5O2/c1-28-9-11-29(12-10-28)21(31)18-13-19(15-3-5-16(6-4-15)22(23,24)25)30(27-18)17-7-8-20(32-2)26-14-17/h3-8,13-14H,9-12H2,1-2H3. The first kappa shape index (κ1) is 21.8. The second-order valence-electron chi connectivity index (χ2n) is 7.56. The van der Waals surface area contributed by atoms with Gasteiger partial charge in [0.05, 0.1) is 30.3 Å². The third kappa shape index (κ3) is 4.45. The van der Waals surface area contributed by atoms with Crippen molar-refractivity contribution in [2.75, 3.05) is 40.3 Å². The van der Waals surface area contributed by atoms with E-state index in [4.69, 9.17) is 4.74 Å². The summed E-state index contributed by atoms with van der Waals surface area (Å²) in [6.45, 7) is 2.70. The Labute approximate surface area is 183 Å². The molecule has 0 unspecified atom stereocenters. The molecule has 3 heterocycles. The first-order valence-corrected chi connectivity index (χ1v) is 10.0. The molecule has 1 aliphatic rings. The average molecular weight is 445 g/mol. The number of likely N-dealkylation sites (N-methyl/N-ethyl adjacent to an activating group) is 1. The van der Waals surface area contributed by atoms with Crippen molar-refractivity contribution >= 4 is 5.91 Å². The van der Waals surface area contributed by atoms with Crippen molar-refractivity contribution < 1.29 is 22.7 Å². The molecule has 32 heavy (non-hydrogen) atoms. The summed E-state index contributed by atoms with van der Waals surface area (Å²) >= 11 is 0. The highest BCUT2D eigenvalue weighted by molar-refractivity contribution is 5.93. The smallest absolute Gasteiger partial charge is 0.416 e. The van der Waals surface area contributed by atoms with Crippen molar-refractivity contribution in [2.45, 2.75) is 6.18 Å². The van der Waals surface area contributed by atoms with Crippen LogP contribution in [-0.2, 0) is 6.18 Å². The van der Waals surface area contributed by atoms with Gasteiger partial charge in [-0.05, 0) is 31.3 Å². The lowest BCUT2D eigenvalue weighted by atomic mass is 10.1. The number of rotatable bonds is 4. The monoisotopic (exact) mass is 445 g/mol. The van der Waals surface area contributed by atoms with Crippen LogP contribution < -0.4 is 4.74 Å². The molecule has 168 valence electrons. The molecule has 0 N–H and O–H groups in total. The number of hydrogen-bond donors (Lipinski definition) is 0. The summed E-state index contributed by atoms with van der Waals surface area (Å²) in [5, 5.41) is 4.49. The van der Waals surface area contributed by atoms with Gasteiger partial charge in [0.25, 0.3) is 5.91 Å². The summed E-state index contributed by atoms with van der Waals surface area (Å²) in [6.07, 6.45) is -2.90. The predicted molar refractivity (Wildman–Crippen MR) is 112 cm³/mol. The van der Waals surface area contributed by atoms with Crippen molar-refractivity contribution in [1.29, 1.82) is 0 Å². The van der Waals surface area contributed by atoms with Crippen molar-refractivity contribution in [3.63, 3.8) is 0 Å². The van der Waals surface area contributed by atoms with Crippen LogP contribution in [0, 0.1) is 0 Å². The van der Waals surface area contributed by atoms with E-state index in [2.05, 4.69) is 15.0 Å². The van der Waals surface area contributed by atoms with E-state index in [0.29, 0.717) is 35.9 Å². The van der Waals surface area contributed by atoms with Crippen LogP contribution in [0.2, 0.25) is 0 Å². The number of piperazine rings is 1. The number of carbonyl (C=O) groups excluding carboxylic acids is 1. The van der Waals surface area contributed by atoms with E-state index in [9.17, 15) is 18.0 Å². The van der Waals surface area contributed by atoms with E-state index < -0.39 is 11.7 Å². The second-order valence-corrected chi connectivity index (χ2v) is 7.56. The number of aromatic nitrogens is 3. The van der Waals surface area contributed by atoms with Crippen molar-refractivity contribution in [1.82, 2.24) is 24.6 Å². The lowest BCUT2D eigenvalue weighted by molar-refractivity contribution is -0.137. The molecule has 0 radical (unpaired) electrons. The molecular weight excluding hydrogens is 423 g/mol. The Kier molecular flexibility index (Phi) is 5.88. The van der Waals surface area contributed by atoms with Gasteiger partial charge < -0.3 is 14.5 Å². The second kappa shape index (κ2) is 8.62. The third-order valence-corrected chi connectivity index (χ3v) is 5.40. The molecule has 4 rings (SSSR count). The summed E-state index contributed by atoms with van der Waals surface area (Å²) in [4.78, 5) is 21.1. The number of ether oxygens (including phenoxy) is 1. The van der Waals surface area contributed by atoms with Gasteiger partial charge in [-0.1, -0.05) is 12.1 Å². The number of halogens is 3. The number of methoxy groups -OCH3 is 1. The fourth-order valence-electron chi connectivity index (χ4n) is 3.51. The normalized spacial score (nSPS) is 15.1. The molecule has 0 atom stereocenters. The Morgan fingerprint density at radius 1 is 1.03 bits per heavy atom. The Morgan fingerprint density at radius 2 is 1.72 bits per heavy atom. The molecule has 0 spiro atoms. The third-order valence-electron chi connectivity index (χ3n) is 5.40. The van der Waals surface area contributed by atoms with Gasteiger partial charge in [-0.3, -0.25) is 4.79 Å². The number of hydrogen-bond acceptors (Lipinski definition) is 5. The molecule has 1 amide bonds. The number of alkyl halides is 3. The number of amides is 1. The summed E-state index contributed by atoms with van der Waals surface area (Å²) < 4.78 is 45.6. The van der Waals surface area contributed by atoms with E-state index in [0.717, 1.165) is 25.2 Å². The quantitative estimate of drug-likeness (QED) is 0.617.